The predicted octanol–water partition coefficient (Wildman–Crippen LogP) is 11.7. The molecule has 1 unspecified atom stereocenters. The van der Waals surface area contributed by atoms with E-state index in [1.165, 1.54) is 0 Å². The lowest BCUT2D eigenvalue weighted by atomic mass is 9.90. The minimum atomic E-state index is -0.508. The van der Waals surface area contributed by atoms with Crippen molar-refractivity contribution < 1.29 is 28.4 Å². The van der Waals surface area contributed by atoms with Gasteiger partial charge in [-0.25, -0.2) is 14.4 Å². The predicted molar refractivity (Wildman–Crippen MR) is 345 cm³/mol. The molecule has 2 aliphatic heterocycles. The van der Waals surface area contributed by atoms with E-state index in [1.807, 2.05) is 123 Å². The lowest BCUT2D eigenvalue weighted by Gasteiger charge is -2.25. The third-order valence-corrected chi connectivity index (χ3v) is 16.9. The number of unbranched alkanes of at least 4 members (excludes halogenated alkanes) is 1. The minimum Gasteiger partial charge on any atom is -0.494 e. The molecule has 0 saturated carbocycles. The van der Waals surface area contributed by atoms with E-state index in [1.54, 1.807) is 22.8 Å². The molecular formula is C72H68N12O7. The van der Waals surface area contributed by atoms with Gasteiger partial charge in [-0.15, -0.1) is 0 Å². The lowest BCUT2D eigenvalue weighted by Crippen LogP contribution is -2.32. The number of nitrogens with two attached hydrogens (primary N) is 1. The van der Waals surface area contributed by atoms with Crippen LogP contribution in [0.2, 0.25) is 0 Å². The van der Waals surface area contributed by atoms with Crippen molar-refractivity contribution >= 4 is 45.2 Å². The maximum Gasteiger partial charge on any atom is 0.343 e. The van der Waals surface area contributed by atoms with Crippen LogP contribution >= 0.6 is 0 Å². The summed E-state index contributed by atoms with van der Waals surface area (Å²) in [5.41, 5.74) is 21.2. The fourth-order valence-corrected chi connectivity index (χ4v) is 12.5. The summed E-state index contributed by atoms with van der Waals surface area (Å²) in [5, 5.41) is 9.26. The van der Waals surface area contributed by atoms with Crippen molar-refractivity contribution in [2.45, 2.75) is 104 Å². The highest BCUT2D eigenvalue weighted by Crippen LogP contribution is 2.40. The molecule has 7 aromatic heterocycles. The van der Waals surface area contributed by atoms with Gasteiger partial charge in [0.15, 0.2) is 11.0 Å². The highest BCUT2D eigenvalue weighted by atomic mass is 16.6. The number of hydrogen-bond acceptors (Lipinski definition) is 18. The van der Waals surface area contributed by atoms with Crippen LogP contribution in [-0.2, 0) is 74.9 Å². The number of carbonyl (C=O) groups excluding carboxylic acids is 2. The topological polar surface area (TPSA) is 223 Å². The quantitative estimate of drug-likeness (QED) is 0.0243. The van der Waals surface area contributed by atoms with Crippen LogP contribution in [-0.4, -0.2) is 74.7 Å². The Morgan fingerprint density at radius 2 is 1.26 bits per heavy atom. The molecule has 0 bridgehead atoms. The van der Waals surface area contributed by atoms with Crippen LogP contribution in [0, 0.1) is 0 Å². The van der Waals surface area contributed by atoms with E-state index >= 15 is 0 Å². The summed E-state index contributed by atoms with van der Waals surface area (Å²) in [5.74, 6) is -0.166. The average Bonchev–Trinajstić information content (AvgIpc) is 1.63. The summed E-state index contributed by atoms with van der Waals surface area (Å²) in [7, 11) is 0. The molecule has 91 heavy (non-hydrogen) atoms. The molecule has 0 radical (unpaired) electrons. The summed E-state index contributed by atoms with van der Waals surface area (Å²) < 4.78 is 25.2. The molecule has 0 aliphatic carbocycles. The molecule has 13 rings (SSSR count). The maximum absolute atomic E-state index is 13.9. The summed E-state index contributed by atoms with van der Waals surface area (Å²) >= 11 is 0. The fraction of sp³-hybridized carbons (Fsp3) is 0.250. The van der Waals surface area contributed by atoms with Crippen LogP contribution < -0.4 is 25.7 Å². The Morgan fingerprint density at radius 1 is 0.637 bits per heavy atom. The maximum atomic E-state index is 13.9. The molecule has 2 aliphatic rings. The van der Waals surface area contributed by atoms with Gasteiger partial charge in [-0.1, -0.05) is 56.3 Å². The normalized spacial score (nSPS) is 13.3. The molecule has 19 heteroatoms. The first-order valence-electron chi connectivity index (χ1n) is 30.9. The van der Waals surface area contributed by atoms with Crippen LogP contribution in [0.4, 0.5) is 11.4 Å². The van der Waals surface area contributed by atoms with E-state index in [2.05, 4.69) is 94.3 Å². The molecule has 0 saturated heterocycles. The molecule has 0 fully saturated rings. The number of carbonyl (C=O) groups is 2. The lowest BCUT2D eigenvalue weighted by molar-refractivity contribution is -0.148. The van der Waals surface area contributed by atoms with Gasteiger partial charge in [-0.05, 0) is 173 Å². The number of hydrogen-bond donors (Lipinski definition) is 1. The number of anilines is 2. The number of aromatic nitrogens is 8. The second-order valence-electron chi connectivity index (χ2n) is 23.1. The van der Waals surface area contributed by atoms with Crippen molar-refractivity contribution in [2.75, 3.05) is 23.8 Å². The number of rotatable bonds is 25. The fourth-order valence-electron chi connectivity index (χ4n) is 12.5. The molecule has 458 valence electrons. The van der Waals surface area contributed by atoms with E-state index in [4.69, 9.17) is 29.6 Å². The molecular weight excluding hydrogens is 1140 g/mol. The Kier molecular flexibility index (Phi) is 17.7. The Morgan fingerprint density at radius 3 is 1.86 bits per heavy atom. The summed E-state index contributed by atoms with van der Waals surface area (Å²) in [6.07, 6.45) is 10.00. The number of cyclic esters (lactones) is 1. The van der Waals surface area contributed by atoms with Gasteiger partial charge in [0.1, 0.15) is 18.1 Å². The Balaban J connectivity index is 0.708. The molecule has 4 aromatic carbocycles. The third-order valence-electron chi connectivity index (χ3n) is 16.9. The van der Waals surface area contributed by atoms with Crippen molar-refractivity contribution in [2.24, 2.45) is 0 Å². The van der Waals surface area contributed by atoms with Crippen LogP contribution in [0.25, 0.3) is 33.3 Å². The average molecular weight is 1210 g/mol. The van der Waals surface area contributed by atoms with Gasteiger partial charge in [0.2, 0.25) is 0 Å². The number of nitrogen functional groups attached to an aromatic ring is 1. The van der Waals surface area contributed by atoms with Crippen LogP contribution in [0.3, 0.4) is 0 Å². The van der Waals surface area contributed by atoms with Crippen LogP contribution in [0.15, 0.2) is 186 Å². The van der Waals surface area contributed by atoms with Gasteiger partial charge in [0.25, 0.3) is 5.56 Å². The largest absolute Gasteiger partial charge is 0.494 e. The van der Waals surface area contributed by atoms with Gasteiger partial charge < -0.3 is 29.4 Å². The van der Waals surface area contributed by atoms with E-state index in [-0.39, 0.29) is 18.1 Å². The van der Waals surface area contributed by atoms with Crippen molar-refractivity contribution in [3.8, 4) is 22.9 Å². The smallest absolute Gasteiger partial charge is 0.343 e. The first kappa shape index (κ1) is 59.5. The summed E-state index contributed by atoms with van der Waals surface area (Å²) in [6, 6.07) is 49.2. The second kappa shape index (κ2) is 27.1. The number of fused-ring (bicyclic) bond motifs is 6. The van der Waals surface area contributed by atoms with Gasteiger partial charge in [-0.3, -0.25) is 39.3 Å². The number of benzene rings is 4. The van der Waals surface area contributed by atoms with Crippen LogP contribution in [0.5, 0.6) is 11.5 Å². The Bertz CT molecular complexity index is 4270. The number of aryl methyl sites for hydroxylation is 1. The van der Waals surface area contributed by atoms with Crippen molar-refractivity contribution in [1.82, 2.24) is 49.6 Å². The zero-order chi connectivity index (χ0) is 62.2. The molecule has 19 nitrogen and oxygen atoms in total. The van der Waals surface area contributed by atoms with E-state index in [0.717, 1.165) is 91.5 Å². The van der Waals surface area contributed by atoms with E-state index < -0.39 is 11.9 Å². The SMILES string of the molecule is CCc1c2c(nc3ccc(OC(=O)c4ccc(CN(CCCCOc5cc(CN(Cc6ccccn6)Cc6ccccn6)cc(CN(Cc6ccccn6)Cc6ccccn6)c5)c5ccc(N)c6nonc56)cc4)cc13)-c1cc3c(c(=O)n1C2)COC(=O)C3CC. The zero-order valence-electron chi connectivity index (χ0n) is 50.8. The first-order valence-corrected chi connectivity index (χ1v) is 30.9. The zero-order valence-corrected chi connectivity index (χ0v) is 50.8. The van der Waals surface area contributed by atoms with Gasteiger partial charge >= 0.3 is 11.9 Å². The number of ether oxygens (including phenoxy) is 3. The summed E-state index contributed by atoms with van der Waals surface area (Å²) in [6.45, 7) is 9.60. The highest BCUT2D eigenvalue weighted by Gasteiger charge is 2.35. The molecule has 1 atom stereocenters. The van der Waals surface area contributed by atoms with Crippen LogP contribution in [0.1, 0.15) is 111 Å². The van der Waals surface area contributed by atoms with Crippen molar-refractivity contribution in [1.29, 1.82) is 0 Å². The highest BCUT2D eigenvalue weighted by molar-refractivity contribution is 5.96. The molecule has 0 spiro atoms. The van der Waals surface area contributed by atoms with Gasteiger partial charge in [-0.2, -0.15) is 0 Å². The molecule has 9 heterocycles. The van der Waals surface area contributed by atoms with Gasteiger partial charge in [0, 0.05) is 88.1 Å². The second-order valence-corrected chi connectivity index (χ2v) is 23.1. The molecule has 2 N–H and O–H groups in total. The minimum absolute atomic E-state index is 0.0363. The standard InChI is InChI=1S/C72H68N12O7/c1-3-57-60-36-55(23-25-64(60)78-67-61(57)45-84-66(67)37-59-58(4-2)72(87)89-46-62(59)70(84)85)90-71(86)50-21-19-47(20-22-50)40-83(65-26-24-63(73)68-69(65)80-91-79-68)31-13-14-32-88-56-34-48(38-81(41-51-15-5-9-27-74-51)42-52-16-6-10-28-75-52)33-49(35-56)39-82(43-53-17-7-11-29-76-53)44-54-18-8-12-30-77-54/h5-12,15-30,33-37,58H,3-4,13-14,31-32,38-46,73H2,1-2H3. The number of esters is 2. The third kappa shape index (κ3) is 13.4. The van der Waals surface area contributed by atoms with Crippen molar-refractivity contribution in [3.05, 3.63) is 254 Å². The van der Waals surface area contributed by atoms with E-state index in [0.29, 0.717) is 123 Å². The summed E-state index contributed by atoms with van der Waals surface area (Å²) in [4.78, 5) is 71.2. The molecule has 0 amide bonds. The number of pyridine rings is 6. The number of nitrogens with zero attached hydrogens (tertiary/aromatic N) is 11. The first-order chi connectivity index (χ1) is 44.6. The van der Waals surface area contributed by atoms with E-state index in [9.17, 15) is 14.4 Å². The molecule has 11 aromatic rings. The van der Waals surface area contributed by atoms with Crippen molar-refractivity contribution in [3.63, 3.8) is 0 Å². The monoisotopic (exact) mass is 1210 g/mol. The Labute approximate surface area is 526 Å². The van der Waals surface area contributed by atoms with Gasteiger partial charge in [0.05, 0.1) is 81.3 Å². The Hall–Kier alpha value is -10.5.